The van der Waals surface area contributed by atoms with Crippen molar-refractivity contribution in [2.75, 3.05) is 11.4 Å². The van der Waals surface area contributed by atoms with Gasteiger partial charge in [-0.2, -0.15) is 0 Å². The summed E-state index contributed by atoms with van der Waals surface area (Å²) in [6.45, 7) is 1.12. The Kier molecular flexibility index (Phi) is 3.30. The largest absolute Gasteiger partial charge is 0.353 e. The summed E-state index contributed by atoms with van der Waals surface area (Å²) in [7, 11) is 0. The second-order valence-electron chi connectivity index (χ2n) is 6.07. The van der Waals surface area contributed by atoms with Gasteiger partial charge >= 0.3 is 0 Å². The topological polar surface area (TPSA) is 29.0 Å². The summed E-state index contributed by atoms with van der Waals surface area (Å²) in [4.78, 5) is 11.6. The van der Waals surface area contributed by atoms with Crippen molar-refractivity contribution in [2.45, 2.75) is 31.7 Å². The van der Waals surface area contributed by atoms with Gasteiger partial charge in [0.1, 0.15) is 11.0 Å². The molecule has 0 N–H and O–H groups in total. The van der Waals surface area contributed by atoms with E-state index in [-0.39, 0.29) is 0 Å². The van der Waals surface area contributed by atoms with E-state index in [1.807, 2.05) is 36.4 Å². The molecule has 1 heterocycles. The van der Waals surface area contributed by atoms with E-state index in [1.165, 1.54) is 25.7 Å². The van der Waals surface area contributed by atoms with E-state index < -0.39 is 0 Å². The van der Waals surface area contributed by atoms with Gasteiger partial charge in [0.15, 0.2) is 5.82 Å². The van der Waals surface area contributed by atoms with Crippen molar-refractivity contribution in [2.24, 2.45) is 5.92 Å². The maximum absolute atomic E-state index is 6.24. The van der Waals surface area contributed by atoms with Gasteiger partial charge in [-0.05, 0) is 31.6 Å². The van der Waals surface area contributed by atoms with Gasteiger partial charge in [-0.25, -0.2) is 9.97 Å². The molecule has 4 heteroatoms. The summed E-state index contributed by atoms with van der Waals surface area (Å²) in [6.07, 6.45) is 5.26. The van der Waals surface area contributed by atoms with Crippen molar-refractivity contribution < 1.29 is 0 Å². The minimum atomic E-state index is 0.528. The van der Waals surface area contributed by atoms with Crippen molar-refractivity contribution in [1.29, 1.82) is 0 Å². The van der Waals surface area contributed by atoms with Gasteiger partial charge in [0.2, 0.25) is 0 Å². The third-order valence-corrected chi connectivity index (χ3v) is 4.34. The first-order valence-electron chi connectivity index (χ1n) is 7.66. The van der Waals surface area contributed by atoms with Gasteiger partial charge in [0.05, 0.1) is 0 Å². The van der Waals surface area contributed by atoms with Crippen molar-refractivity contribution in [1.82, 2.24) is 9.97 Å². The highest BCUT2D eigenvalue weighted by Crippen LogP contribution is 2.37. The number of halogens is 1. The Balaban J connectivity index is 1.69. The molecule has 0 saturated heterocycles. The molecule has 2 aliphatic carbocycles. The van der Waals surface area contributed by atoms with Gasteiger partial charge in [-0.15, -0.1) is 0 Å². The van der Waals surface area contributed by atoms with Crippen LogP contribution in [0.15, 0.2) is 36.4 Å². The fraction of sp³-hybridized carbons (Fsp3) is 0.412. The number of aromatic nitrogens is 2. The van der Waals surface area contributed by atoms with Crippen LogP contribution in [0.25, 0.3) is 11.4 Å². The average molecular weight is 300 g/mol. The Morgan fingerprint density at radius 2 is 1.81 bits per heavy atom. The smallest absolute Gasteiger partial charge is 0.163 e. The summed E-state index contributed by atoms with van der Waals surface area (Å²) in [5.74, 6) is 2.56. The zero-order valence-corrected chi connectivity index (χ0v) is 12.6. The maximum Gasteiger partial charge on any atom is 0.163 e. The fourth-order valence-corrected chi connectivity index (χ4v) is 2.84. The molecule has 4 rings (SSSR count). The standard InChI is InChI=1S/C17H18ClN3/c18-15-10-16(21(14-8-9-14)11-12-6-7-12)20-17(19-15)13-4-2-1-3-5-13/h1-5,10,12,14H,6-9,11H2. The van der Waals surface area contributed by atoms with Crippen LogP contribution in [-0.2, 0) is 0 Å². The van der Waals surface area contributed by atoms with Crippen molar-refractivity contribution in [3.8, 4) is 11.4 Å². The van der Waals surface area contributed by atoms with Crippen molar-refractivity contribution in [3.05, 3.63) is 41.6 Å². The lowest BCUT2D eigenvalue weighted by atomic mass is 10.2. The molecule has 21 heavy (non-hydrogen) atoms. The number of anilines is 1. The first kappa shape index (κ1) is 13.1. The minimum absolute atomic E-state index is 0.528. The van der Waals surface area contributed by atoms with Gasteiger partial charge in [-0.1, -0.05) is 41.9 Å². The monoisotopic (exact) mass is 299 g/mol. The molecule has 1 aromatic heterocycles. The molecular weight excluding hydrogens is 282 g/mol. The van der Waals surface area contributed by atoms with Gasteiger partial charge < -0.3 is 4.90 Å². The molecule has 108 valence electrons. The number of benzene rings is 1. The summed E-state index contributed by atoms with van der Waals surface area (Å²) >= 11 is 6.24. The van der Waals surface area contributed by atoms with E-state index in [9.17, 15) is 0 Å². The molecule has 0 aliphatic heterocycles. The van der Waals surface area contributed by atoms with Gasteiger partial charge in [0.25, 0.3) is 0 Å². The molecule has 0 bridgehead atoms. The van der Waals surface area contributed by atoms with Crippen LogP contribution in [0.3, 0.4) is 0 Å². The highest BCUT2D eigenvalue weighted by Gasteiger charge is 2.34. The zero-order chi connectivity index (χ0) is 14.2. The molecule has 0 atom stereocenters. The predicted molar refractivity (Wildman–Crippen MR) is 85.6 cm³/mol. The summed E-state index contributed by atoms with van der Waals surface area (Å²) in [5.41, 5.74) is 1.02. The highest BCUT2D eigenvalue weighted by atomic mass is 35.5. The van der Waals surface area contributed by atoms with Crippen LogP contribution < -0.4 is 4.90 Å². The lowest BCUT2D eigenvalue weighted by molar-refractivity contribution is 0.708. The molecule has 3 nitrogen and oxygen atoms in total. The summed E-state index contributed by atoms with van der Waals surface area (Å²) in [5, 5.41) is 0.528. The van der Waals surface area contributed by atoms with E-state index in [0.717, 1.165) is 29.7 Å². The zero-order valence-electron chi connectivity index (χ0n) is 11.9. The van der Waals surface area contributed by atoms with Crippen LogP contribution in [-0.4, -0.2) is 22.6 Å². The van der Waals surface area contributed by atoms with Crippen LogP contribution in [0.4, 0.5) is 5.82 Å². The normalized spacial score (nSPS) is 17.8. The van der Waals surface area contributed by atoms with Crippen LogP contribution in [0.5, 0.6) is 0 Å². The Morgan fingerprint density at radius 3 is 2.48 bits per heavy atom. The first-order chi connectivity index (χ1) is 10.3. The first-order valence-corrected chi connectivity index (χ1v) is 8.04. The number of rotatable bonds is 5. The Labute approximate surface area is 130 Å². The van der Waals surface area contributed by atoms with Crippen LogP contribution >= 0.6 is 11.6 Å². The van der Waals surface area contributed by atoms with E-state index >= 15 is 0 Å². The van der Waals surface area contributed by atoms with Crippen molar-refractivity contribution >= 4 is 17.4 Å². The molecule has 0 radical (unpaired) electrons. The lowest BCUT2D eigenvalue weighted by Crippen LogP contribution is -2.29. The molecule has 0 spiro atoms. The molecule has 0 amide bonds. The minimum Gasteiger partial charge on any atom is -0.353 e. The Bertz CT molecular complexity index is 636. The summed E-state index contributed by atoms with van der Waals surface area (Å²) in [6, 6.07) is 12.6. The number of hydrogen-bond acceptors (Lipinski definition) is 3. The Hall–Kier alpha value is -1.61. The summed E-state index contributed by atoms with van der Waals surface area (Å²) < 4.78 is 0. The van der Waals surface area contributed by atoms with E-state index in [4.69, 9.17) is 16.6 Å². The lowest BCUT2D eigenvalue weighted by Gasteiger charge is -2.24. The second-order valence-corrected chi connectivity index (χ2v) is 6.45. The van der Waals surface area contributed by atoms with Crippen LogP contribution in [0, 0.1) is 5.92 Å². The van der Waals surface area contributed by atoms with E-state index in [2.05, 4.69) is 9.88 Å². The SMILES string of the molecule is Clc1cc(N(CC2CC2)C2CC2)nc(-c2ccccc2)n1. The van der Waals surface area contributed by atoms with Gasteiger partial charge in [-0.3, -0.25) is 0 Å². The second kappa shape index (κ2) is 5.30. The third kappa shape index (κ3) is 3.03. The van der Waals surface area contributed by atoms with E-state index in [1.54, 1.807) is 0 Å². The van der Waals surface area contributed by atoms with Crippen LogP contribution in [0.2, 0.25) is 5.15 Å². The highest BCUT2D eigenvalue weighted by molar-refractivity contribution is 6.29. The third-order valence-electron chi connectivity index (χ3n) is 4.15. The molecule has 2 aromatic rings. The van der Waals surface area contributed by atoms with Gasteiger partial charge in [0, 0.05) is 24.2 Å². The fourth-order valence-electron chi connectivity index (χ4n) is 2.66. The molecular formula is C17H18ClN3. The molecule has 2 fully saturated rings. The van der Waals surface area contributed by atoms with Crippen molar-refractivity contribution in [3.63, 3.8) is 0 Å². The van der Waals surface area contributed by atoms with Crippen LogP contribution in [0.1, 0.15) is 25.7 Å². The number of nitrogens with zero attached hydrogens (tertiary/aromatic N) is 3. The molecule has 0 unspecified atom stereocenters. The molecule has 2 aliphatic rings. The number of hydrogen-bond donors (Lipinski definition) is 0. The Morgan fingerprint density at radius 1 is 1.05 bits per heavy atom. The quantitative estimate of drug-likeness (QED) is 0.776. The average Bonchev–Trinajstić information content (AvgIpc) is 3.38. The predicted octanol–water partition coefficient (Wildman–Crippen LogP) is 4.18. The maximum atomic E-state index is 6.24. The molecule has 1 aromatic carbocycles. The molecule has 2 saturated carbocycles. The van der Waals surface area contributed by atoms with E-state index in [0.29, 0.717) is 11.2 Å².